The molecule has 1 heterocycles. The summed E-state index contributed by atoms with van der Waals surface area (Å²) in [5, 5.41) is 0.991. The Bertz CT molecular complexity index is 1050. The summed E-state index contributed by atoms with van der Waals surface area (Å²) in [7, 11) is 0. The Morgan fingerprint density at radius 1 is 0.783 bits per heavy atom. The molecule has 4 heteroatoms. The van der Waals surface area contributed by atoms with Crippen LogP contribution in [0.4, 0.5) is 0 Å². The number of fused-ring (bicyclic) bond motifs is 2. The minimum atomic E-state index is -0.0820. The van der Waals surface area contributed by atoms with Crippen molar-refractivity contribution in [1.82, 2.24) is 0 Å². The van der Waals surface area contributed by atoms with Crippen LogP contribution in [0.1, 0.15) is 0 Å². The molecule has 23 heavy (non-hydrogen) atoms. The van der Waals surface area contributed by atoms with Crippen LogP contribution in [0.3, 0.4) is 0 Å². The normalized spacial score (nSPS) is 11.2. The zero-order chi connectivity index (χ0) is 16.0. The Hall–Kier alpha value is -1.91. The van der Waals surface area contributed by atoms with Crippen LogP contribution in [0.2, 0.25) is 0 Å². The van der Waals surface area contributed by atoms with Crippen LogP contribution in [0.25, 0.3) is 33.4 Å². The Morgan fingerprint density at radius 2 is 1.57 bits per heavy atom. The fraction of sp³-hybridized carbons (Fsp3) is 0. The molecule has 1 aliphatic carbocycles. The van der Waals surface area contributed by atoms with E-state index < -0.39 is 0 Å². The summed E-state index contributed by atoms with van der Waals surface area (Å²) in [4.78, 5) is 11.9. The van der Waals surface area contributed by atoms with Crippen molar-refractivity contribution in [3.05, 3.63) is 79.8 Å². The Balaban J connectivity index is 2.30. The zero-order valence-electron chi connectivity index (χ0n) is 11.8. The van der Waals surface area contributed by atoms with Gasteiger partial charge < -0.3 is 4.42 Å². The molecule has 1 aliphatic heterocycles. The Labute approximate surface area is 149 Å². The van der Waals surface area contributed by atoms with E-state index in [4.69, 9.17) is 4.42 Å². The largest absolute Gasteiger partial charge is 0.456 e. The topological polar surface area (TPSA) is 30.2 Å². The van der Waals surface area contributed by atoms with Crippen molar-refractivity contribution < 1.29 is 4.42 Å². The van der Waals surface area contributed by atoms with Crippen molar-refractivity contribution in [2.24, 2.45) is 0 Å². The zero-order valence-corrected chi connectivity index (χ0v) is 15.0. The first-order valence-electron chi connectivity index (χ1n) is 7.05. The third kappa shape index (κ3) is 2.42. The fourth-order valence-electron chi connectivity index (χ4n) is 2.85. The van der Waals surface area contributed by atoms with Gasteiger partial charge in [0.25, 0.3) is 0 Å². The predicted molar refractivity (Wildman–Crippen MR) is 99.9 cm³/mol. The number of halogens is 2. The predicted octanol–water partition coefficient (Wildman–Crippen LogP) is 6.09. The third-order valence-corrected chi connectivity index (χ3v) is 5.07. The SMILES string of the molecule is O=c1cc2oc3cccc(Br)c3c(-c3ccccc3)c-2c(Br)c1. The summed E-state index contributed by atoms with van der Waals surface area (Å²) >= 11 is 7.16. The second kappa shape index (κ2) is 5.62. The number of hydrogen-bond donors (Lipinski definition) is 0. The van der Waals surface area contributed by atoms with Crippen molar-refractivity contribution in [3.63, 3.8) is 0 Å². The molecule has 0 bridgehead atoms. The molecule has 0 amide bonds. The first-order chi connectivity index (χ1) is 11.1. The molecular weight excluding hydrogens is 420 g/mol. The number of rotatable bonds is 1. The molecule has 2 aromatic carbocycles. The molecule has 0 unspecified atom stereocenters. The van der Waals surface area contributed by atoms with Crippen molar-refractivity contribution in [3.8, 4) is 22.5 Å². The maximum atomic E-state index is 11.9. The molecule has 0 atom stereocenters. The van der Waals surface area contributed by atoms with Gasteiger partial charge in [0.2, 0.25) is 0 Å². The average molecular weight is 430 g/mol. The maximum Gasteiger partial charge on any atom is 0.183 e. The highest BCUT2D eigenvalue weighted by Crippen LogP contribution is 2.45. The van der Waals surface area contributed by atoms with E-state index in [1.807, 2.05) is 36.4 Å². The van der Waals surface area contributed by atoms with Crippen LogP contribution < -0.4 is 5.43 Å². The lowest BCUT2D eigenvalue weighted by Crippen LogP contribution is -2.01. The van der Waals surface area contributed by atoms with Crippen molar-refractivity contribution in [1.29, 1.82) is 0 Å². The van der Waals surface area contributed by atoms with Gasteiger partial charge in [0.05, 0.1) is 0 Å². The van der Waals surface area contributed by atoms with Gasteiger partial charge in [-0.05, 0) is 33.6 Å². The van der Waals surface area contributed by atoms with Gasteiger partial charge in [0.1, 0.15) is 11.3 Å². The molecule has 0 fully saturated rings. The van der Waals surface area contributed by atoms with Gasteiger partial charge in [-0.15, -0.1) is 0 Å². The summed E-state index contributed by atoms with van der Waals surface area (Å²) in [6.07, 6.45) is 0. The lowest BCUT2D eigenvalue weighted by Gasteiger charge is -2.17. The van der Waals surface area contributed by atoms with Crippen molar-refractivity contribution >= 4 is 42.8 Å². The van der Waals surface area contributed by atoms with Crippen LogP contribution in [-0.4, -0.2) is 0 Å². The van der Waals surface area contributed by atoms with E-state index in [9.17, 15) is 4.79 Å². The molecular formula is C19H10Br2O2. The fourth-order valence-corrected chi connectivity index (χ4v) is 4.02. The Morgan fingerprint density at radius 3 is 2.35 bits per heavy atom. The van der Waals surface area contributed by atoms with Gasteiger partial charge in [-0.2, -0.15) is 0 Å². The third-order valence-electron chi connectivity index (χ3n) is 3.79. The minimum absolute atomic E-state index is 0.0820. The molecule has 0 spiro atoms. The van der Waals surface area contributed by atoms with Crippen LogP contribution >= 0.6 is 31.9 Å². The van der Waals surface area contributed by atoms with Gasteiger partial charge >= 0.3 is 0 Å². The molecule has 2 aromatic rings. The lowest BCUT2D eigenvalue weighted by atomic mass is 9.94. The monoisotopic (exact) mass is 428 g/mol. The summed E-state index contributed by atoms with van der Waals surface area (Å²) in [6.45, 7) is 0. The molecule has 112 valence electrons. The number of hydrogen-bond acceptors (Lipinski definition) is 2. The van der Waals surface area contributed by atoms with Crippen LogP contribution in [0.15, 0.2) is 78.8 Å². The molecule has 0 aromatic heterocycles. The lowest BCUT2D eigenvalue weighted by molar-refractivity contribution is 0.618. The van der Waals surface area contributed by atoms with Crippen LogP contribution in [0, 0.1) is 0 Å². The van der Waals surface area contributed by atoms with Gasteiger partial charge in [0.15, 0.2) is 5.43 Å². The Kier molecular flexibility index (Phi) is 3.58. The molecule has 2 nitrogen and oxygen atoms in total. The van der Waals surface area contributed by atoms with Gasteiger partial charge in [-0.3, -0.25) is 4.79 Å². The summed E-state index contributed by atoms with van der Waals surface area (Å²) in [5.41, 5.74) is 3.67. The van der Waals surface area contributed by atoms with Gasteiger partial charge in [0, 0.05) is 37.6 Å². The highest BCUT2D eigenvalue weighted by Gasteiger charge is 2.21. The van der Waals surface area contributed by atoms with E-state index in [0.717, 1.165) is 36.6 Å². The van der Waals surface area contributed by atoms with E-state index >= 15 is 0 Å². The minimum Gasteiger partial charge on any atom is -0.456 e. The molecule has 0 saturated carbocycles. The van der Waals surface area contributed by atoms with Crippen LogP contribution in [-0.2, 0) is 0 Å². The second-order valence-corrected chi connectivity index (χ2v) is 6.94. The average Bonchev–Trinajstić information content (AvgIpc) is 2.54. The van der Waals surface area contributed by atoms with E-state index in [1.165, 1.54) is 6.07 Å². The standard InChI is InChI=1S/C19H10Br2O2/c20-13-7-4-8-15-18(13)17(11-5-2-1-3-6-11)19-14(21)9-12(22)10-16(19)23-15/h1-10H. The van der Waals surface area contributed by atoms with E-state index in [-0.39, 0.29) is 5.43 Å². The van der Waals surface area contributed by atoms with E-state index in [2.05, 4.69) is 44.0 Å². The summed E-state index contributed by atoms with van der Waals surface area (Å²) in [5.74, 6) is 0.578. The van der Waals surface area contributed by atoms with E-state index in [0.29, 0.717) is 5.76 Å². The quantitative estimate of drug-likeness (QED) is 0.342. The molecule has 0 radical (unpaired) electrons. The first-order valence-corrected chi connectivity index (χ1v) is 8.64. The van der Waals surface area contributed by atoms with Gasteiger partial charge in [-0.1, -0.05) is 52.3 Å². The van der Waals surface area contributed by atoms with Crippen molar-refractivity contribution in [2.45, 2.75) is 0 Å². The molecule has 0 saturated heterocycles. The molecule has 2 aliphatic rings. The smallest absolute Gasteiger partial charge is 0.183 e. The highest BCUT2D eigenvalue weighted by molar-refractivity contribution is 9.11. The van der Waals surface area contributed by atoms with E-state index in [1.54, 1.807) is 6.07 Å². The highest BCUT2D eigenvalue weighted by atomic mass is 79.9. The van der Waals surface area contributed by atoms with Crippen LogP contribution in [0.5, 0.6) is 0 Å². The molecule has 0 N–H and O–H groups in total. The maximum absolute atomic E-state index is 11.9. The first kappa shape index (κ1) is 14.7. The number of benzene rings is 3. The summed E-state index contributed by atoms with van der Waals surface area (Å²) in [6, 6.07) is 19.1. The van der Waals surface area contributed by atoms with Crippen molar-refractivity contribution in [2.75, 3.05) is 0 Å². The summed E-state index contributed by atoms with van der Waals surface area (Å²) < 4.78 is 7.68. The second-order valence-electron chi connectivity index (χ2n) is 5.23. The molecule has 4 rings (SSSR count). The van der Waals surface area contributed by atoms with Gasteiger partial charge in [-0.25, -0.2) is 0 Å².